The summed E-state index contributed by atoms with van der Waals surface area (Å²) in [6.07, 6.45) is 1.06. The summed E-state index contributed by atoms with van der Waals surface area (Å²) in [4.78, 5) is 17.5. The summed E-state index contributed by atoms with van der Waals surface area (Å²) in [7, 11) is 1.17. The molecule has 0 aliphatic carbocycles. The number of carbonyl (C=O) groups is 1. The number of nitrogens with zero attached hydrogens (tertiary/aromatic N) is 2. The van der Waals surface area contributed by atoms with Crippen molar-refractivity contribution in [2.45, 2.75) is 17.5 Å². The molecule has 35 heavy (non-hydrogen) atoms. The molecule has 1 amide bonds. The van der Waals surface area contributed by atoms with E-state index in [0.29, 0.717) is 5.75 Å². The quantitative estimate of drug-likeness (QED) is 0.280. The summed E-state index contributed by atoms with van der Waals surface area (Å²) in [5, 5.41) is 10.8. The van der Waals surface area contributed by atoms with Crippen LogP contribution in [-0.2, 0) is 11.0 Å². The zero-order valence-electron chi connectivity index (χ0n) is 18.6. The van der Waals surface area contributed by atoms with Gasteiger partial charge in [-0.05, 0) is 60.7 Å². The van der Waals surface area contributed by atoms with Crippen LogP contribution in [0.15, 0.2) is 65.7 Å². The van der Waals surface area contributed by atoms with E-state index in [-0.39, 0.29) is 23.8 Å². The third-order valence-corrected chi connectivity index (χ3v) is 6.05. The van der Waals surface area contributed by atoms with E-state index in [1.165, 1.54) is 31.0 Å². The number of aromatic amines is 1. The van der Waals surface area contributed by atoms with Gasteiger partial charge in [-0.1, -0.05) is 6.07 Å². The minimum absolute atomic E-state index is 0.0679. The molecule has 2 N–H and O–H groups in total. The number of hydrogen-bond acceptors (Lipinski definition) is 5. The minimum atomic E-state index is -4.58. The molecule has 0 radical (unpaired) electrons. The Morgan fingerprint density at radius 1 is 1.14 bits per heavy atom. The van der Waals surface area contributed by atoms with E-state index in [1.807, 2.05) is 48.6 Å². The van der Waals surface area contributed by atoms with Crippen LogP contribution in [0.2, 0.25) is 0 Å². The summed E-state index contributed by atoms with van der Waals surface area (Å²) in [5.41, 5.74) is 1.61. The van der Waals surface area contributed by atoms with E-state index in [1.54, 1.807) is 6.20 Å². The van der Waals surface area contributed by atoms with Crippen molar-refractivity contribution in [1.29, 1.82) is 0 Å². The predicted octanol–water partition coefficient (Wildman–Crippen LogP) is 6.28. The highest BCUT2D eigenvalue weighted by Gasteiger charge is 2.34. The maximum Gasteiger partial charge on any atom is 0.420 e. The Kier molecular flexibility index (Phi) is 7.40. The van der Waals surface area contributed by atoms with Crippen LogP contribution >= 0.6 is 11.8 Å². The molecule has 0 fully saturated rings. The number of hydrogen-bond donors (Lipinski definition) is 2. The van der Waals surface area contributed by atoms with E-state index in [9.17, 15) is 18.0 Å². The van der Waals surface area contributed by atoms with Crippen LogP contribution in [0.4, 0.5) is 18.9 Å². The Hall–Kier alpha value is -3.79. The fraction of sp³-hybridized carbons (Fsp3) is 0.160. The summed E-state index contributed by atoms with van der Waals surface area (Å²) < 4.78 is 44.3. The molecule has 0 aliphatic heterocycles. The molecule has 4 rings (SSSR count). The molecule has 2 aromatic carbocycles. The molecule has 0 spiro atoms. The second kappa shape index (κ2) is 10.6. The van der Waals surface area contributed by atoms with Gasteiger partial charge in [0.15, 0.2) is 0 Å². The van der Waals surface area contributed by atoms with Gasteiger partial charge in [-0.25, -0.2) is 0 Å². The molecule has 0 saturated carbocycles. The van der Waals surface area contributed by atoms with E-state index in [4.69, 9.17) is 4.74 Å². The Balaban J connectivity index is 1.34. The number of benzene rings is 2. The molecular formula is C25H21F3N4O2S. The standard InChI is InChI=1S/C25H21F3N4O2S/c1-34-23-10-6-17(14-20(23)25(26,27)28)30-24(33)11-13-35-18-7-8-19-21(31-32-22(19)15-18)9-5-16-4-2-3-12-29-16/h2-10,12,14-15H,11,13H2,1H3,(H,30,33)(H,31,32)/b9-5+. The first-order chi connectivity index (χ1) is 16.8. The lowest BCUT2D eigenvalue weighted by atomic mass is 10.1. The van der Waals surface area contributed by atoms with Crippen molar-refractivity contribution in [2.24, 2.45) is 0 Å². The summed E-state index contributed by atoms with van der Waals surface area (Å²) in [6, 6.07) is 15.0. The number of nitrogens with one attached hydrogen (secondary N) is 2. The van der Waals surface area contributed by atoms with Crippen LogP contribution in [-0.4, -0.2) is 34.0 Å². The van der Waals surface area contributed by atoms with Crippen molar-refractivity contribution in [3.05, 3.63) is 77.7 Å². The Morgan fingerprint density at radius 3 is 2.74 bits per heavy atom. The molecule has 6 nitrogen and oxygen atoms in total. The fourth-order valence-electron chi connectivity index (χ4n) is 3.37. The molecule has 0 atom stereocenters. The van der Waals surface area contributed by atoms with Gasteiger partial charge >= 0.3 is 6.18 Å². The number of ether oxygens (including phenoxy) is 1. The monoisotopic (exact) mass is 498 g/mol. The lowest BCUT2D eigenvalue weighted by molar-refractivity contribution is -0.138. The maximum absolute atomic E-state index is 13.2. The van der Waals surface area contributed by atoms with Crippen LogP contribution in [0.1, 0.15) is 23.4 Å². The second-order valence-corrected chi connectivity index (χ2v) is 8.63. The van der Waals surface area contributed by atoms with Gasteiger partial charge in [0.1, 0.15) is 5.75 Å². The normalized spacial score (nSPS) is 11.8. The molecule has 0 bridgehead atoms. The summed E-state index contributed by atoms with van der Waals surface area (Å²) in [6.45, 7) is 0. The zero-order chi connectivity index (χ0) is 24.8. The Labute approximate surface area is 203 Å². The number of alkyl halides is 3. The molecule has 0 unspecified atom stereocenters. The number of carbonyl (C=O) groups excluding carboxylic acids is 1. The fourth-order valence-corrected chi connectivity index (χ4v) is 4.26. The summed E-state index contributed by atoms with van der Waals surface area (Å²) in [5.74, 6) is -0.212. The number of rotatable bonds is 8. The Morgan fingerprint density at radius 2 is 2.00 bits per heavy atom. The maximum atomic E-state index is 13.2. The topological polar surface area (TPSA) is 79.9 Å². The third kappa shape index (κ3) is 6.21. The van der Waals surface area contributed by atoms with Crippen LogP contribution in [0.25, 0.3) is 23.1 Å². The van der Waals surface area contributed by atoms with Crippen molar-refractivity contribution >= 4 is 46.4 Å². The van der Waals surface area contributed by atoms with Gasteiger partial charge in [0, 0.05) is 34.3 Å². The number of amides is 1. The number of halogens is 3. The number of pyridine rings is 1. The molecule has 0 aliphatic rings. The molecule has 4 aromatic rings. The minimum Gasteiger partial charge on any atom is -0.496 e. The average Bonchev–Trinajstić information content (AvgIpc) is 3.25. The van der Waals surface area contributed by atoms with E-state index in [2.05, 4.69) is 20.5 Å². The van der Waals surface area contributed by atoms with Crippen LogP contribution in [0, 0.1) is 0 Å². The largest absolute Gasteiger partial charge is 0.496 e. The predicted molar refractivity (Wildman–Crippen MR) is 131 cm³/mol. The number of fused-ring (bicyclic) bond motifs is 1. The van der Waals surface area contributed by atoms with E-state index >= 15 is 0 Å². The van der Waals surface area contributed by atoms with Gasteiger partial charge in [0.25, 0.3) is 0 Å². The average molecular weight is 499 g/mol. The van der Waals surface area contributed by atoms with Crippen LogP contribution < -0.4 is 10.1 Å². The lowest BCUT2D eigenvalue weighted by Gasteiger charge is -2.14. The molecule has 2 heterocycles. The molecule has 10 heteroatoms. The van der Waals surface area contributed by atoms with Gasteiger partial charge in [0.2, 0.25) is 5.91 Å². The SMILES string of the molecule is COc1ccc(NC(=O)CCSc2ccc3c(/C=C/c4ccccn4)n[nH]c3c2)cc1C(F)(F)F. The highest BCUT2D eigenvalue weighted by molar-refractivity contribution is 7.99. The first-order valence-corrected chi connectivity index (χ1v) is 11.6. The lowest BCUT2D eigenvalue weighted by Crippen LogP contribution is -2.14. The van der Waals surface area contributed by atoms with Crippen LogP contribution in [0.5, 0.6) is 5.75 Å². The van der Waals surface area contributed by atoms with Crippen LogP contribution in [0.3, 0.4) is 0 Å². The molecular weight excluding hydrogens is 477 g/mol. The van der Waals surface area contributed by atoms with Gasteiger partial charge < -0.3 is 10.1 Å². The Bertz CT molecular complexity index is 1350. The van der Waals surface area contributed by atoms with Crippen molar-refractivity contribution < 1.29 is 22.7 Å². The van der Waals surface area contributed by atoms with Crippen molar-refractivity contribution in [3.63, 3.8) is 0 Å². The van der Waals surface area contributed by atoms with Gasteiger partial charge in [-0.3, -0.25) is 14.9 Å². The highest BCUT2D eigenvalue weighted by atomic mass is 32.2. The number of H-pyrrole nitrogens is 1. The highest BCUT2D eigenvalue weighted by Crippen LogP contribution is 2.37. The number of thioether (sulfide) groups is 1. The van der Waals surface area contributed by atoms with Gasteiger partial charge in [-0.2, -0.15) is 18.3 Å². The number of aromatic nitrogens is 3. The van der Waals surface area contributed by atoms with Gasteiger partial charge in [0.05, 0.1) is 29.6 Å². The van der Waals surface area contributed by atoms with Crippen molar-refractivity contribution in [3.8, 4) is 5.75 Å². The zero-order valence-corrected chi connectivity index (χ0v) is 19.4. The summed E-state index contributed by atoms with van der Waals surface area (Å²) >= 11 is 1.47. The van der Waals surface area contributed by atoms with Crippen molar-refractivity contribution in [2.75, 3.05) is 18.2 Å². The number of anilines is 1. The third-order valence-electron chi connectivity index (χ3n) is 5.05. The van der Waals surface area contributed by atoms with Gasteiger partial charge in [-0.15, -0.1) is 11.8 Å². The molecule has 0 saturated heterocycles. The second-order valence-electron chi connectivity index (χ2n) is 7.46. The first-order valence-electron chi connectivity index (χ1n) is 10.6. The van der Waals surface area contributed by atoms with E-state index < -0.39 is 11.7 Å². The first kappa shape index (κ1) is 24.3. The molecule has 2 aromatic heterocycles. The number of methoxy groups -OCH3 is 1. The van der Waals surface area contributed by atoms with E-state index in [0.717, 1.165) is 33.3 Å². The smallest absolute Gasteiger partial charge is 0.420 e. The van der Waals surface area contributed by atoms with Crippen molar-refractivity contribution in [1.82, 2.24) is 15.2 Å². The molecule has 180 valence electrons.